The lowest BCUT2D eigenvalue weighted by Gasteiger charge is -2.11. The Morgan fingerprint density at radius 1 is 1.25 bits per heavy atom. The minimum atomic E-state index is -3.69. The number of hydrogen-bond acceptors (Lipinski definition) is 6. The Bertz CT molecular complexity index is 679. The van der Waals surface area contributed by atoms with Crippen LogP contribution in [0.25, 0.3) is 0 Å². The van der Waals surface area contributed by atoms with Gasteiger partial charge in [-0.25, -0.2) is 23.1 Å². The van der Waals surface area contributed by atoms with Gasteiger partial charge >= 0.3 is 0 Å². The third kappa shape index (κ3) is 3.14. The minimum Gasteiger partial charge on any atom is -0.465 e. The highest BCUT2D eigenvalue weighted by atomic mass is 32.2. The number of sulfonamides is 1. The lowest BCUT2D eigenvalue weighted by atomic mass is 10.3. The number of furan rings is 1. The Morgan fingerprint density at radius 3 is 2.40 bits per heavy atom. The fraction of sp³-hybridized carbons (Fsp3) is 0.333. The summed E-state index contributed by atoms with van der Waals surface area (Å²) in [5, 5.41) is 2.72. The normalized spacial score (nSPS) is 13.2. The van der Waals surface area contributed by atoms with Crippen LogP contribution in [-0.2, 0) is 10.0 Å². The fourth-order valence-electron chi connectivity index (χ4n) is 1.63. The third-order valence-electron chi connectivity index (χ3n) is 2.68. The van der Waals surface area contributed by atoms with Gasteiger partial charge in [-0.2, -0.15) is 0 Å². The smallest absolute Gasteiger partial charge is 0.244 e. The van der Waals surface area contributed by atoms with Crippen LogP contribution in [0.2, 0.25) is 0 Å². The molecule has 2 rings (SSSR count). The molecule has 2 N–H and O–H groups in total. The van der Waals surface area contributed by atoms with Gasteiger partial charge in [0.05, 0.1) is 18.4 Å². The summed E-state index contributed by atoms with van der Waals surface area (Å²) in [7, 11) is -2.03. The molecule has 2 aromatic rings. The first-order chi connectivity index (χ1) is 9.42. The fourth-order valence-corrected chi connectivity index (χ4v) is 2.73. The van der Waals surface area contributed by atoms with E-state index in [1.54, 1.807) is 33.0 Å². The van der Waals surface area contributed by atoms with Crippen LogP contribution in [0, 0.1) is 6.92 Å². The summed E-state index contributed by atoms with van der Waals surface area (Å²) in [5.74, 6) is 1.64. The third-order valence-corrected chi connectivity index (χ3v) is 4.18. The number of nitrogens with one attached hydrogen (secondary N) is 2. The second kappa shape index (κ2) is 5.59. The molecule has 7 nitrogen and oxygen atoms in total. The molecule has 0 radical (unpaired) electrons. The second-order valence-corrected chi connectivity index (χ2v) is 6.00. The van der Waals surface area contributed by atoms with Gasteiger partial charge in [-0.1, -0.05) is 0 Å². The molecule has 0 aliphatic carbocycles. The van der Waals surface area contributed by atoms with E-state index in [0.717, 1.165) is 5.76 Å². The molecule has 0 amide bonds. The average Bonchev–Trinajstić information content (AvgIpc) is 2.85. The van der Waals surface area contributed by atoms with Gasteiger partial charge < -0.3 is 9.73 Å². The molecule has 2 heterocycles. The molecule has 0 fully saturated rings. The maximum absolute atomic E-state index is 12.2. The monoisotopic (exact) mass is 296 g/mol. The van der Waals surface area contributed by atoms with E-state index in [2.05, 4.69) is 20.0 Å². The predicted octanol–water partition coefficient (Wildman–Crippen LogP) is 1.46. The van der Waals surface area contributed by atoms with E-state index in [1.807, 2.05) is 0 Å². The van der Waals surface area contributed by atoms with E-state index >= 15 is 0 Å². The van der Waals surface area contributed by atoms with Crippen LogP contribution < -0.4 is 10.0 Å². The van der Waals surface area contributed by atoms with Crippen molar-refractivity contribution in [2.45, 2.75) is 24.8 Å². The van der Waals surface area contributed by atoms with E-state index in [9.17, 15) is 8.42 Å². The molecular formula is C12H16N4O3S. The number of aryl methyl sites for hydroxylation is 1. The molecule has 0 aliphatic rings. The van der Waals surface area contributed by atoms with Crippen molar-refractivity contribution >= 4 is 16.0 Å². The van der Waals surface area contributed by atoms with E-state index in [4.69, 9.17) is 4.42 Å². The van der Waals surface area contributed by atoms with E-state index in [1.165, 1.54) is 12.4 Å². The molecule has 8 heteroatoms. The van der Waals surface area contributed by atoms with Crippen LogP contribution >= 0.6 is 0 Å². The molecule has 0 bridgehead atoms. The molecule has 0 saturated heterocycles. The zero-order valence-corrected chi connectivity index (χ0v) is 12.2. The van der Waals surface area contributed by atoms with Crippen LogP contribution in [0.1, 0.15) is 24.5 Å². The van der Waals surface area contributed by atoms with Gasteiger partial charge in [-0.05, 0) is 26.0 Å². The lowest BCUT2D eigenvalue weighted by molar-refractivity contribution is 0.441. The highest BCUT2D eigenvalue weighted by Crippen LogP contribution is 2.18. The Hall–Kier alpha value is -1.93. The zero-order chi connectivity index (χ0) is 14.8. The van der Waals surface area contributed by atoms with Crippen molar-refractivity contribution in [2.24, 2.45) is 0 Å². The van der Waals surface area contributed by atoms with Crippen molar-refractivity contribution in [3.05, 3.63) is 36.0 Å². The van der Waals surface area contributed by atoms with Crippen LogP contribution in [0.4, 0.5) is 5.95 Å². The molecule has 1 unspecified atom stereocenters. The summed E-state index contributed by atoms with van der Waals surface area (Å²) >= 11 is 0. The van der Waals surface area contributed by atoms with E-state index in [-0.39, 0.29) is 4.90 Å². The predicted molar refractivity (Wildman–Crippen MR) is 73.8 cm³/mol. The van der Waals surface area contributed by atoms with Gasteiger partial charge in [0.25, 0.3) is 0 Å². The van der Waals surface area contributed by atoms with Gasteiger partial charge in [-0.15, -0.1) is 0 Å². The SMILES string of the molecule is CNc1ncc(S(=O)(=O)NC(C)c2ccc(C)o2)cn1. The number of anilines is 1. The summed E-state index contributed by atoms with van der Waals surface area (Å²) in [4.78, 5) is 7.77. The van der Waals surface area contributed by atoms with Gasteiger partial charge in [0.15, 0.2) is 0 Å². The number of nitrogens with zero attached hydrogens (tertiary/aromatic N) is 2. The van der Waals surface area contributed by atoms with Crippen LogP contribution in [0.3, 0.4) is 0 Å². The van der Waals surface area contributed by atoms with Crippen molar-refractivity contribution in [1.29, 1.82) is 0 Å². The van der Waals surface area contributed by atoms with Crippen molar-refractivity contribution < 1.29 is 12.8 Å². The summed E-state index contributed by atoms with van der Waals surface area (Å²) in [6.07, 6.45) is 2.50. The quantitative estimate of drug-likeness (QED) is 0.867. The number of aromatic nitrogens is 2. The standard InChI is InChI=1S/C12H16N4O3S/c1-8-4-5-11(19-8)9(2)16-20(17,18)10-6-14-12(13-3)15-7-10/h4-7,9,16H,1-3H3,(H,13,14,15). The maximum atomic E-state index is 12.2. The first-order valence-electron chi connectivity index (χ1n) is 6.01. The van der Waals surface area contributed by atoms with E-state index in [0.29, 0.717) is 11.7 Å². The van der Waals surface area contributed by atoms with Crippen molar-refractivity contribution in [3.63, 3.8) is 0 Å². The first kappa shape index (κ1) is 14.5. The molecule has 0 saturated carbocycles. The zero-order valence-electron chi connectivity index (χ0n) is 11.4. The van der Waals surface area contributed by atoms with Crippen molar-refractivity contribution in [3.8, 4) is 0 Å². The lowest BCUT2D eigenvalue weighted by Crippen LogP contribution is -2.27. The van der Waals surface area contributed by atoms with Crippen LogP contribution in [-0.4, -0.2) is 25.4 Å². The highest BCUT2D eigenvalue weighted by molar-refractivity contribution is 7.89. The number of hydrogen-bond donors (Lipinski definition) is 2. The van der Waals surface area contributed by atoms with Gasteiger partial charge in [-0.3, -0.25) is 0 Å². The van der Waals surface area contributed by atoms with Gasteiger partial charge in [0.2, 0.25) is 16.0 Å². The highest BCUT2D eigenvalue weighted by Gasteiger charge is 2.21. The summed E-state index contributed by atoms with van der Waals surface area (Å²) in [5.41, 5.74) is 0. The topological polar surface area (TPSA) is 97.1 Å². The maximum Gasteiger partial charge on any atom is 0.244 e. The van der Waals surface area contributed by atoms with Crippen molar-refractivity contribution in [1.82, 2.24) is 14.7 Å². The molecule has 0 aliphatic heterocycles. The summed E-state index contributed by atoms with van der Waals surface area (Å²) < 4.78 is 32.3. The second-order valence-electron chi connectivity index (χ2n) is 4.28. The average molecular weight is 296 g/mol. The summed E-state index contributed by atoms with van der Waals surface area (Å²) in [6.45, 7) is 3.51. The largest absolute Gasteiger partial charge is 0.465 e. The first-order valence-corrected chi connectivity index (χ1v) is 7.49. The number of rotatable bonds is 5. The van der Waals surface area contributed by atoms with Crippen LogP contribution in [0.5, 0.6) is 0 Å². The molecule has 20 heavy (non-hydrogen) atoms. The molecule has 108 valence electrons. The van der Waals surface area contributed by atoms with Crippen LogP contribution in [0.15, 0.2) is 33.8 Å². The Kier molecular flexibility index (Phi) is 4.05. The molecule has 0 spiro atoms. The van der Waals surface area contributed by atoms with Gasteiger partial charge in [0.1, 0.15) is 16.4 Å². The van der Waals surface area contributed by atoms with Crippen molar-refractivity contribution in [2.75, 3.05) is 12.4 Å². The Labute approximate surface area is 117 Å². The Morgan fingerprint density at radius 2 is 1.90 bits per heavy atom. The Balaban J connectivity index is 2.17. The van der Waals surface area contributed by atoms with Gasteiger partial charge in [0, 0.05) is 7.05 Å². The molecule has 1 atom stereocenters. The summed E-state index contributed by atoms with van der Waals surface area (Å²) in [6, 6.07) is 3.05. The molecular weight excluding hydrogens is 280 g/mol. The minimum absolute atomic E-state index is 0.00614. The van der Waals surface area contributed by atoms with E-state index < -0.39 is 16.1 Å². The molecule has 2 aromatic heterocycles. The molecule has 0 aromatic carbocycles.